The van der Waals surface area contributed by atoms with E-state index in [9.17, 15) is 9.90 Å². The van der Waals surface area contributed by atoms with E-state index in [1.54, 1.807) is 13.0 Å². The van der Waals surface area contributed by atoms with Crippen LogP contribution < -0.4 is 5.32 Å². The normalized spacial score (nSPS) is 16.6. The second-order valence-electron chi connectivity index (χ2n) is 6.84. The minimum Gasteiger partial charge on any atom is -0.505 e. The van der Waals surface area contributed by atoms with Crippen molar-refractivity contribution in [3.63, 3.8) is 0 Å². The lowest BCUT2D eigenvalue weighted by Crippen LogP contribution is -2.47. The number of rotatable bonds is 7. The average molecular weight is 305 g/mol. The third-order valence-corrected chi connectivity index (χ3v) is 4.46. The van der Waals surface area contributed by atoms with Crippen LogP contribution in [0.4, 0.5) is 0 Å². The molecule has 0 radical (unpaired) electrons. The molecular formula is C17H27N3O2. The van der Waals surface area contributed by atoms with Crippen LogP contribution in [0.2, 0.25) is 0 Å². The minimum absolute atomic E-state index is 0.0161. The minimum atomic E-state index is -0.0344. The number of carbonyl (C=O) groups is 1. The molecule has 2 rings (SSSR count). The second kappa shape index (κ2) is 6.75. The van der Waals surface area contributed by atoms with Gasteiger partial charge in [0, 0.05) is 25.0 Å². The summed E-state index contributed by atoms with van der Waals surface area (Å²) in [7, 11) is 3.86. The zero-order chi connectivity index (χ0) is 16.3. The lowest BCUT2D eigenvalue weighted by molar-refractivity contribution is 0.0969. The van der Waals surface area contributed by atoms with Crippen LogP contribution in [0.5, 0.6) is 5.75 Å². The van der Waals surface area contributed by atoms with E-state index in [4.69, 9.17) is 0 Å². The maximum Gasteiger partial charge on any atom is 0.168 e. The Balaban J connectivity index is 2.10. The zero-order valence-corrected chi connectivity index (χ0v) is 14.1. The maximum absolute atomic E-state index is 12.3. The van der Waals surface area contributed by atoms with Crippen molar-refractivity contribution in [3.05, 3.63) is 23.0 Å². The monoisotopic (exact) mass is 305 g/mol. The number of nitrogens with one attached hydrogen (secondary N) is 1. The summed E-state index contributed by atoms with van der Waals surface area (Å²) < 4.78 is 0. The van der Waals surface area contributed by atoms with E-state index in [1.165, 1.54) is 19.3 Å². The Hall–Kier alpha value is -1.46. The molecule has 0 atom stereocenters. The van der Waals surface area contributed by atoms with E-state index < -0.39 is 0 Å². The molecular weight excluding hydrogens is 278 g/mol. The van der Waals surface area contributed by atoms with Crippen molar-refractivity contribution < 1.29 is 9.90 Å². The molecule has 5 heteroatoms. The SMILES string of the molecule is Cc1nc(CNC2(C)CCC2)cc(C(=O)CCN(C)C)c1O. The van der Waals surface area contributed by atoms with Crippen LogP contribution in [0.25, 0.3) is 0 Å². The summed E-state index contributed by atoms with van der Waals surface area (Å²) >= 11 is 0. The summed E-state index contributed by atoms with van der Waals surface area (Å²) in [5, 5.41) is 13.6. The van der Waals surface area contributed by atoms with Gasteiger partial charge >= 0.3 is 0 Å². The van der Waals surface area contributed by atoms with Crippen molar-refractivity contribution >= 4 is 5.78 Å². The first-order chi connectivity index (χ1) is 10.3. The Morgan fingerprint density at radius 1 is 1.45 bits per heavy atom. The first-order valence-electron chi connectivity index (χ1n) is 7.93. The van der Waals surface area contributed by atoms with Crippen LogP contribution in [0.1, 0.15) is 54.4 Å². The molecule has 1 aliphatic rings. The number of nitrogens with zero attached hydrogens (tertiary/aromatic N) is 2. The predicted molar refractivity (Wildman–Crippen MR) is 87.2 cm³/mol. The van der Waals surface area contributed by atoms with E-state index in [-0.39, 0.29) is 17.1 Å². The van der Waals surface area contributed by atoms with Crippen LogP contribution in [-0.2, 0) is 6.54 Å². The molecule has 122 valence electrons. The van der Waals surface area contributed by atoms with Gasteiger partial charge in [-0.25, -0.2) is 0 Å². The van der Waals surface area contributed by atoms with Crippen molar-refractivity contribution in [1.82, 2.24) is 15.2 Å². The van der Waals surface area contributed by atoms with Crippen molar-refractivity contribution in [1.29, 1.82) is 0 Å². The number of Topliss-reactive ketones (excluding diaryl/α,β-unsaturated/α-hetero) is 1. The molecule has 0 amide bonds. The van der Waals surface area contributed by atoms with E-state index >= 15 is 0 Å². The highest BCUT2D eigenvalue weighted by atomic mass is 16.3. The average Bonchev–Trinajstić information content (AvgIpc) is 2.43. The van der Waals surface area contributed by atoms with E-state index in [1.807, 2.05) is 19.0 Å². The Labute approximate surface area is 132 Å². The highest BCUT2D eigenvalue weighted by molar-refractivity contribution is 5.99. The van der Waals surface area contributed by atoms with Gasteiger partial charge < -0.3 is 15.3 Å². The molecule has 0 saturated heterocycles. The fourth-order valence-electron chi connectivity index (χ4n) is 2.68. The van der Waals surface area contributed by atoms with Gasteiger partial charge in [-0.3, -0.25) is 9.78 Å². The molecule has 0 aromatic carbocycles. The number of aromatic nitrogens is 1. The van der Waals surface area contributed by atoms with E-state index in [2.05, 4.69) is 17.2 Å². The summed E-state index contributed by atoms with van der Waals surface area (Å²) in [6.07, 6.45) is 4.02. The first kappa shape index (κ1) is 16.9. The number of hydrogen-bond donors (Lipinski definition) is 2. The predicted octanol–water partition coefficient (Wildman–Crippen LogP) is 2.26. The molecule has 22 heavy (non-hydrogen) atoms. The van der Waals surface area contributed by atoms with Crippen LogP contribution in [0.15, 0.2) is 6.07 Å². The quantitative estimate of drug-likeness (QED) is 0.757. The van der Waals surface area contributed by atoms with Gasteiger partial charge in [0.15, 0.2) is 5.78 Å². The van der Waals surface area contributed by atoms with Gasteiger partial charge in [0.05, 0.1) is 17.0 Å². The Bertz CT molecular complexity index is 551. The lowest BCUT2D eigenvalue weighted by Gasteiger charge is -2.39. The smallest absolute Gasteiger partial charge is 0.168 e. The molecule has 1 aromatic heterocycles. The third-order valence-electron chi connectivity index (χ3n) is 4.46. The van der Waals surface area contributed by atoms with Gasteiger partial charge in [0.2, 0.25) is 0 Å². The maximum atomic E-state index is 12.3. The van der Waals surface area contributed by atoms with Gasteiger partial charge in [-0.2, -0.15) is 0 Å². The summed E-state index contributed by atoms with van der Waals surface area (Å²) in [6.45, 7) is 5.26. The molecule has 1 heterocycles. The van der Waals surface area contributed by atoms with Crippen LogP contribution in [0.3, 0.4) is 0 Å². The van der Waals surface area contributed by atoms with Crippen LogP contribution in [0, 0.1) is 6.92 Å². The number of ketones is 1. The number of hydrogen-bond acceptors (Lipinski definition) is 5. The van der Waals surface area contributed by atoms with Gasteiger partial charge in [-0.1, -0.05) is 0 Å². The molecule has 1 saturated carbocycles. The van der Waals surface area contributed by atoms with Crippen LogP contribution >= 0.6 is 0 Å². The summed E-state index contributed by atoms with van der Waals surface area (Å²) in [4.78, 5) is 18.7. The molecule has 1 aromatic rings. The standard InChI is InChI=1S/C17H27N3O2/c1-12-16(22)14(15(21)6-9-20(3)4)10-13(19-12)11-18-17(2)7-5-8-17/h10,18,22H,5-9,11H2,1-4H3. The third kappa shape index (κ3) is 4.05. The van der Waals surface area contributed by atoms with Gasteiger partial charge in [0.25, 0.3) is 0 Å². The summed E-state index contributed by atoms with van der Waals surface area (Å²) in [5.74, 6) is -0.0184. The van der Waals surface area contributed by atoms with E-state index in [0.717, 1.165) is 5.69 Å². The second-order valence-corrected chi connectivity index (χ2v) is 6.84. The summed E-state index contributed by atoms with van der Waals surface area (Å²) in [6, 6.07) is 1.73. The van der Waals surface area contributed by atoms with Crippen LogP contribution in [-0.4, -0.2) is 47.0 Å². The van der Waals surface area contributed by atoms with Gasteiger partial charge in [0.1, 0.15) is 5.75 Å². The first-order valence-corrected chi connectivity index (χ1v) is 7.93. The number of aromatic hydroxyl groups is 1. The fraction of sp³-hybridized carbons (Fsp3) is 0.647. The van der Waals surface area contributed by atoms with Gasteiger partial charge in [-0.05, 0) is 53.3 Å². The Morgan fingerprint density at radius 3 is 2.68 bits per heavy atom. The molecule has 0 bridgehead atoms. The van der Waals surface area contributed by atoms with Crippen molar-refractivity contribution in [2.75, 3.05) is 20.6 Å². The Morgan fingerprint density at radius 2 is 2.14 bits per heavy atom. The van der Waals surface area contributed by atoms with Crippen molar-refractivity contribution in [2.24, 2.45) is 0 Å². The topological polar surface area (TPSA) is 65.5 Å². The highest BCUT2D eigenvalue weighted by Gasteiger charge is 2.31. The van der Waals surface area contributed by atoms with E-state index in [0.29, 0.717) is 30.8 Å². The van der Waals surface area contributed by atoms with Crippen molar-refractivity contribution in [2.45, 2.75) is 51.6 Å². The zero-order valence-electron chi connectivity index (χ0n) is 14.1. The molecule has 1 aliphatic carbocycles. The molecule has 0 spiro atoms. The molecule has 2 N–H and O–H groups in total. The molecule has 5 nitrogen and oxygen atoms in total. The summed E-state index contributed by atoms with van der Waals surface area (Å²) in [5.41, 5.74) is 1.93. The van der Waals surface area contributed by atoms with Gasteiger partial charge in [-0.15, -0.1) is 0 Å². The Kier molecular flexibility index (Phi) is 5.19. The lowest BCUT2D eigenvalue weighted by atomic mass is 9.78. The molecule has 0 unspecified atom stereocenters. The number of pyridine rings is 1. The molecule has 0 aliphatic heterocycles. The van der Waals surface area contributed by atoms with Crippen molar-refractivity contribution in [3.8, 4) is 5.75 Å². The highest BCUT2D eigenvalue weighted by Crippen LogP contribution is 2.31. The number of aryl methyl sites for hydroxylation is 1. The largest absolute Gasteiger partial charge is 0.505 e. The fourth-order valence-corrected chi connectivity index (χ4v) is 2.68. The molecule has 1 fully saturated rings. The number of carbonyl (C=O) groups excluding carboxylic acids is 1.